The summed E-state index contributed by atoms with van der Waals surface area (Å²) in [6.45, 7) is 0. The number of hydrogen-bond acceptors (Lipinski definition) is 6. The molecule has 7 nitrogen and oxygen atoms in total. The fourth-order valence-electron chi connectivity index (χ4n) is 2.91. The largest absolute Gasteiger partial charge is 0.493 e. The second-order valence-corrected chi connectivity index (χ2v) is 6.08. The lowest BCUT2D eigenvalue weighted by molar-refractivity contribution is -0.138. The van der Waals surface area contributed by atoms with Gasteiger partial charge in [0.15, 0.2) is 11.5 Å². The molecule has 0 spiro atoms. The smallest absolute Gasteiger partial charge is 0.330 e. The molecule has 0 aromatic heterocycles. The molecule has 0 bridgehead atoms. The average Bonchev–Trinajstić information content (AvgIpc) is 2.71. The first-order chi connectivity index (χ1) is 13.5. The van der Waals surface area contributed by atoms with Gasteiger partial charge in [-0.15, -0.1) is 0 Å². The number of carbonyl (C=O) groups is 3. The van der Waals surface area contributed by atoms with Crippen molar-refractivity contribution in [1.82, 2.24) is 0 Å². The molecule has 1 aliphatic heterocycles. The van der Waals surface area contributed by atoms with E-state index in [0.29, 0.717) is 22.6 Å². The van der Waals surface area contributed by atoms with E-state index < -0.39 is 17.9 Å². The number of methoxy groups -OCH3 is 2. The molecule has 1 heterocycles. The zero-order chi connectivity index (χ0) is 20.1. The van der Waals surface area contributed by atoms with Crippen molar-refractivity contribution in [2.45, 2.75) is 12.3 Å². The first kappa shape index (κ1) is 19.2. The predicted octanol–water partition coefficient (Wildman–Crippen LogP) is 2.91. The second-order valence-electron chi connectivity index (χ2n) is 6.08. The summed E-state index contributed by atoms with van der Waals surface area (Å²) in [4.78, 5) is 35.9. The molecular formula is C21H19NO6. The first-order valence-electron chi connectivity index (χ1n) is 8.56. The molecule has 2 aromatic rings. The zero-order valence-corrected chi connectivity index (χ0v) is 15.4. The van der Waals surface area contributed by atoms with Crippen LogP contribution < -0.4 is 14.8 Å². The number of rotatable bonds is 5. The third kappa shape index (κ3) is 4.20. The summed E-state index contributed by atoms with van der Waals surface area (Å²) in [5, 5.41) is 2.75. The van der Waals surface area contributed by atoms with Gasteiger partial charge in [-0.25, -0.2) is 4.79 Å². The maximum atomic E-state index is 12.7. The second kappa shape index (κ2) is 8.39. The van der Waals surface area contributed by atoms with E-state index in [1.54, 1.807) is 48.5 Å². The molecule has 0 saturated heterocycles. The van der Waals surface area contributed by atoms with Crippen molar-refractivity contribution in [3.63, 3.8) is 0 Å². The molecule has 1 aliphatic rings. The highest BCUT2D eigenvalue weighted by Gasteiger charge is 2.32. The Hall–Kier alpha value is -3.61. The Morgan fingerprint density at radius 2 is 1.89 bits per heavy atom. The lowest BCUT2D eigenvalue weighted by atomic mass is 9.91. The van der Waals surface area contributed by atoms with Crippen LogP contribution in [0, 0.1) is 0 Å². The third-order valence-corrected chi connectivity index (χ3v) is 4.30. The molecule has 144 valence electrons. The van der Waals surface area contributed by atoms with E-state index >= 15 is 0 Å². The molecule has 0 aliphatic carbocycles. The number of para-hydroxylation sites is 1. The highest BCUT2D eigenvalue weighted by molar-refractivity contribution is 6.00. The van der Waals surface area contributed by atoms with Gasteiger partial charge in [0.1, 0.15) is 0 Å². The van der Waals surface area contributed by atoms with Gasteiger partial charge in [0.2, 0.25) is 5.91 Å². The van der Waals surface area contributed by atoms with Gasteiger partial charge in [-0.05, 0) is 35.4 Å². The van der Waals surface area contributed by atoms with Gasteiger partial charge in [0.25, 0.3) is 0 Å². The molecular weight excluding hydrogens is 362 g/mol. The topological polar surface area (TPSA) is 90.9 Å². The van der Waals surface area contributed by atoms with Crippen molar-refractivity contribution in [2.75, 3.05) is 19.5 Å². The van der Waals surface area contributed by atoms with Crippen molar-refractivity contribution in [3.8, 4) is 11.5 Å². The van der Waals surface area contributed by atoms with Crippen LogP contribution >= 0.6 is 0 Å². The summed E-state index contributed by atoms with van der Waals surface area (Å²) in [6.07, 6.45) is 2.85. The normalized spacial score (nSPS) is 15.5. The molecule has 1 amide bonds. The number of anilines is 1. The highest BCUT2D eigenvalue weighted by atomic mass is 16.6. The minimum atomic E-state index is -0.700. The molecule has 0 radical (unpaired) electrons. The SMILES string of the molecule is COC(=O)/C=C/c1ccc(OC(=O)[C@H]2CC(=O)Nc3ccccc32)c(OC)c1. The fraction of sp³-hybridized carbons (Fsp3) is 0.190. The summed E-state index contributed by atoms with van der Waals surface area (Å²) >= 11 is 0. The number of benzene rings is 2. The van der Waals surface area contributed by atoms with E-state index in [2.05, 4.69) is 10.1 Å². The fourth-order valence-corrected chi connectivity index (χ4v) is 2.91. The van der Waals surface area contributed by atoms with Crippen LogP contribution in [0.4, 0.5) is 5.69 Å². The van der Waals surface area contributed by atoms with Crippen molar-refractivity contribution in [1.29, 1.82) is 0 Å². The van der Waals surface area contributed by atoms with Crippen LogP contribution in [0.1, 0.15) is 23.5 Å². The van der Waals surface area contributed by atoms with Gasteiger partial charge in [0.05, 0.1) is 20.1 Å². The number of esters is 2. The van der Waals surface area contributed by atoms with E-state index in [1.807, 2.05) is 0 Å². The quantitative estimate of drug-likeness (QED) is 0.487. The predicted molar refractivity (Wildman–Crippen MR) is 102 cm³/mol. The first-order valence-corrected chi connectivity index (χ1v) is 8.56. The maximum absolute atomic E-state index is 12.7. The molecule has 0 unspecified atom stereocenters. The van der Waals surface area contributed by atoms with Gasteiger partial charge >= 0.3 is 11.9 Å². The Bertz CT molecular complexity index is 950. The van der Waals surface area contributed by atoms with E-state index in [4.69, 9.17) is 9.47 Å². The summed E-state index contributed by atoms with van der Waals surface area (Å²) in [6, 6.07) is 12.0. The van der Waals surface area contributed by atoms with Gasteiger partial charge < -0.3 is 19.5 Å². The van der Waals surface area contributed by atoms with Gasteiger partial charge in [-0.2, -0.15) is 0 Å². The molecule has 0 saturated carbocycles. The summed E-state index contributed by atoms with van der Waals surface area (Å²) in [7, 11) is 2.74. The van der Waals surface area contributed by atoms with Crippen molar-refractivity contribution in [2.24, 2.45) is 0 Å². The minimum absolute atomic E-state index is 0.0120. The monoisotopic (exact) mass is 381 g/mol. The molecule has 28 heavy (non-hydrogen) atoms. The van der Waals surface area contributed by atoms with E-state index in [0.717, 1.165) is 0 Å². The van der Waals surface area contributed by atoms with Gasteiger partial charge in [-0.1, -0.05) is 24.3 Å². The van der Waals surface area contributed by atoms with Crippen LogP contribution in [0.15, 0.2) is 48.5 Å². The standard InChI is InChI=1S/C21H19NO6/c1-26-18-11-13(8-10-20(24)27-2)7-9-17(18)28-21(25)15-12-19(23)22-16-6-4-3-5-14(15)16/h3-11,15H,12H2,1-2H3,(H,22,23)/b10-8+/t15-/m0/s1. The number of ether oxygens (including phenoxy) is 3. The number of fused-ring (bicyclic) bond motifs is 1. The third-order valence-electron chi connectivity index (χ3n) is 4.30. The van der Waals surface area contributed by atoms with Crippen LogP contribution in [0.3, 0.4) is 0 Å². The molecule has 7 heteroatoms. The lowest BCUT2D eigenvalue weighted by Gasteiger charge is -2.24. The van der Waals surface area contributed by atoms with Crippen molar-refractivity contribution in [3.05, 3.63) is 59.7 Å². The number of carbonyl (C=O) groups excluding carboxylic acids is 3. The molecule has 0 fully saturated rings. The Morgan fingerprint density at radius 1 is 1.11 bits per heavy atom. The summed E-state index contributed by atoms with van der Waals surface area (Å²) in [5.41, 5.74) is 1.99. The van der Waals surface area contributed by atoms with Gasteiger partial charge in [0, 0.05) is 18.2 Å². The summed E-state index contributed by atoms with van der Waals surface area (Å²) < 4.78 is 15.4. The zero-order valence-electron chi connectivity index (χ0n) is 15.4. The summed E-state index contributed by atoms with van der Waals surface area (Å²) in [5.74, 6) is -1.41. The Morgan fingerprint density at radius 3 is 2.64 bits per heavy atom. The van der Waals surface area contributed by atoms with Crippen LogP contribution in [0.25, 0.3) is 6.08 Å². The average molecular weight is 381 g/mol. The van der Waals surface area contributed by atoms with Crippen LogP contribution in [-0.2, 0) is 19.1 Å². The number of amides is 1. The van der Waals surface area contributed by atoms with Crippen LogP contribution in [-0.4, -0.2) is 32.1 Å². The van der Waals surface area contributed by atoms with Crippen LogP contribution in [0.2, 0.25) is 0 Å². The van der Waals surface area contributed by atoms with Crippen LogP contribution in [0.5, 0.6) is 11.5 Å². The number of hydrogen-bond donors (Lipinski definition) is 1. The van der Waals surface area contributed by atoms with Crippen molar-refractivity contribution >= 4 is 29.6 Å². The minimum Gasteiger partial charge on any atom is -0.493 e. The molecule has 2 aromatic carbocycles. The number of nitrogens with one attached hydrogen (secondary N) is 1. The Labute approximate surface area is 161 Å². The lowest BCUT2D eigenvalue weighted by Crippen LogP contribution is -2.29. The van der Waals surface area contributed by atoms with E-state index in [9.17, 15) is 14.4 Å². The van der Waals surface area contributed by atoms with E-state index in [1.165, 1.54) is 20.3 Å². The Kier molecular flexibility index (Phi) is 5.74. The highest BCUT2D eigenvalue weighted by Crippen LogP contribution is 2.35. The van der Waals surface area contributed by atoms with Crippen molar-refractivity contribution < 1.29 is 28.6 Å². The van der Waals surface area contributed by atoms with Gasteiger partial charge in [-0.3, -0.25) is 9.59 Å². The Balaban J connectivity index is 1.82. The maximum Gasteiger partial charge on any atom is 0.330 e. The molecule has 1 atom stereocenters. The molecule has 3 rings (SSSR count). The van der Waals surface area contributed by atoms with E-state index in [-0.39, 0.29) is 18.1 Å². The molecule has 1 N–H and O–H groups in total.